The minimum Gasteiger partial charge on any atom is -0.312 e. The summed E-state index contributed by atoms with van der Waals surface area (Å²) >= 11 is 1.53. The molecule has 0 aliphatic carbocycles. The van der Waals surface area contributed by atoms with Gasteiger partial charge in [-0.1, -0.05) is 13.0 Å². The first-order valence-corrected chi connectivity index (χ1v) is 7.21. The molecule has 2 rings (SSSR count). The number of alkyl halides is 3. The molecule has 0 spiro atoms. The maximum Gasteiger partial charge on any atom is 0.416 e. The maximum atomic E-state index is 12.8. The summed E-state index contributed by atoms with van der Waals surface area (Å²) in [6, 6.07) is 7.74. The van der Waals surface area contributed by atoms with Crippen molar-refractivity contribution in [1.82, 2.24) is 5.32 Å². The highest BCUT2D eigenvalue weighted by atomic mass is 32.1. The van der Waals surface area contributed by atoms with Crippen LogP contribution in [0.5, 0.6) is 0 Å². The Hall–Kier alpha value is -1.33. The molecule has 20 heavy (non-hydrogen) atoms. The monoisotopic (exact) mass is 299 g/mol. The molecular formula is C15H16F3NS. The Kier molecular flexibility index (Phi) is 4.50. The first-order chi connectivity index (χ1) is 9.41. The molecule has 1 N–H and O–H groups in total. The quantitative estimate of drug-likeness (QED) is 0.851. The fourth-order valence-electron chi connectivity index (χ4n) is 1.93. The van der Waals surface area contributed by atoms with Crippen LogP contribution in [0.15, 0.2) is 30.3 Å². The van der Waals surface area contributed by atoms with Gasteiger partial charge in [0.25, 0.3) is 0 Å². The van der Waals surface area contributed by atoms with Gasteiger partial charge in [-0.25, -0.2) is 0 Å². The molecular weight excluding hydrogens is 283 g/mol. The predicted molar refractivity (Wildman–Crippen MR) is 76.9 cm³/mol. The third kappa shape index (κ3) is 3.41. The van der Waals surface area contributed by atoms with Crippen molar-refractivity contribution in [3.63, 3.8) is 0 Å². The Morgan fingerprint density at radius 2 is 1.90 bits per heavy atom. The minimum absolute atomic E-state index is 0.597. The van der Waals surface area contributed by atoms with E-state index in [4.69, 9.17) is 0 Å². The Morgan fingerprint density at radius 1 is 1.15 bits per heavy atom. The average molecular weight is 299 g/mol. The lowest BCUT2D eigenvalue weighted by atomic mass is 10.0. The third-order valence-corrected chi connectivity index (χ3v) is 4.16. The summed E-state index contributed by atoms with van der Waals surface area (Å²) in [6.07, 6.45) is -4.30. The smallest absolute Gasteiger partial charge is 0.312 e. The average Bonchev–Trinajstić information content (AvgIpc) is 2.84. The zero-order valence-electron chi connectivity index (χ0n) is 11.3. The van der Waals surface area contributed by atoms with Crippen LogP contribution in [-0.2, 0) is 12.7 Å². The van der Waals surface area contributed by atoms with Crippen molar-refractivity contribution >= 4 is 11.3 Å². The van der Waals surface area contributed by atoms with E-state index in [0.29, 0.717) is 5.56 Å². The first-order valence-electron chi connectivity index (χ1n) is 6.39. The molecule has 5 heteroatoms. The third-order valence-electron chi connectivity index (χ3n) is 3.04. The van der Waals surface area contributed by atoms with Gasteiger partial charge in [0.2, 0.25) is 0 Å². The topological polar surface area (TPSA) is 12.0 Å². The Bertz CT molecular complexity index is 587. The molecule has 0 atom stereocenters. The van der Waals surface area contributed by atoms with Gasteiger partial charge in [-0.15, -0.1) is 11.3 Å². The zero-order valence-corrected chi connectivity index (χ0v) is 12.2. The van der Waals surface area contributed by atoms with Crippen LogP contribution in [-0.4, -0.2) is 6.54 Å². The number of thiophene rings is 1. The molecule has 0 saturated carbocycles. The van der Waals surface area contributed by atoms with E-state index in [0.717, 1.165) is 34.5 Å². The van der Waals surface area contributed by atoms with Crippen LogP contribution < -0.4 is 5.32 Å². The Labute approximate surface area is 120 Å². The number of aryl methyl sites for hydroxylation is 1. The van der Waals surface area contributed by atoms with E-state index in [1.165, 1.54) is 23.5 Å². The van der Waals surface area contributed by atoms with Gasteiger partial charge in [0.05, 0.1) is 5.56 Å². The largest absolute Gasteiger partial charge is 0.416 e. The number of nitrogens with one attached hydrogen (secondary N) is 1. The van der Waals surface area contributed by atoms with Crippen LogP contribution in [0, 0.1) is 6.92 Å². The molecule has 0 fully saturated rings. The molecule has 1 heterocycles. The van der Waals surface area contributed by atoms with Crippen molar-refractivity contribution in [3.8, 4) is 10.4 Å². The summed E-state index contributed by atoms with van der Waals surface area (Å²) in [5, 5.41) is 3.21. The van der Waals surface area contributed by atoms with Crippen molar-refractivity contribution in [2.45, 2.75) is 26.6 Å². The van der Waals surface area contributed by atoms with Gasteiger partial charge >= 0.3 is 6.18 Å². The van der Waals surface area contributed by atoms with Gasteiger partial charge < -0.3 is 5.32 Å². The maximum absolute atomic E-state index is 12.8. The van der Waals surface area contributed by atoms with E-state index in [-0.39, 0.29) is 0 Å². The van der Waals surface area contributed by atoms with Crippen LogP contribution >= 0.6 is 11.3 Å². The number of halogens is 3. The SMILES string of the molecule is CCNCc1ccc(-c2cc(C(F)(F)F)ccc2C)s1. The standard InChI is InChI=1S/C15H16F3NS/c1-3-19-9-12-6-7-14(20-12)13-8-11(15(16,17)18)5-4-10(13)2/h4-8,19H,3,9H2,1-2H3. The second-order valence-electron chi connectivity index (χ2n) is 4.57. The summed E-state index contributed by atoms with van der Waals surface area (Å²) in [7, 11) is 0. The number of hydrogen-bond donors (Lipinski definition) is 1. The lowest BCUT2D eigenvalue weighted by Crippen LogP contribution is -2.10. The second-order valence-corrected chi connectivity index (χ2v) is 5.74. The molecule has 2 aromatic rings. The van der Waals surface area contributed by atoms with E-state index in [1.54, 1.807) is 0 Å². The van der Waals surface area contributed by atoms with Crippen molar-refractivity contribution in [1.29, 1.82) is 0 Å². The fraction of sp³-hybridized carbons (Fsp3) is 0.333. The second kappa shape index (κ2) is 5.97. The number of rotatable bonds is 4. The molecule has 1 aromatic carbocycles. The summed E-state index contributed by atoms with van der Waals surface area (Å²) in [5.74, 6) is 0. The zero-order chi connectivity index (χ0) is 14.8. The molecule has 0 aliphatic rings. The summed E-state index contributed by atoms with van der Waals surface area (Å²) in [5.41, 5.74) is 0.919. The number of benzene rings is 1. The highest BCUT2D eigenvalue weighted by Crippen LogP contribution is 2.36. The first kappa shape index (κ1) is 15.1. The van der Waals surface area contributed by atoms with E-state index in [2.05, 4.69) is 5.32 Å². The van der Waals surface area contributed by atoms with Crippen LogP contribution in [0.3, 0.4) is 0 Å². The highest BCUT2D eigenvalue weighted by molar-refractivity contribution is 7.15. The van der Waals surface area contributed by atoms with E-state index in [1.807, 2.05) is 26.0 Å². The van der Waals surface area contributed by atoms with E-state index >= 15 is 0 Å². The van der Waals surface area contributed by atoms with Crippen LogP contribution in [0.2, 0.25) is 0 Å². The number of hydrogen-bond acceptors (Lipinski definition) is 2. The van der Waals surface area contributed by atoms with Gasteiger partial charge in [0.1, 0.15) is 0 Å². The molecule has 108 valence electrons. The van der Waals surface area contributed by atoms with E-state index in [9.17, 15) is 13.2 Å². The van der Waals surface area contributed by atoms with Gasteiger partial charge in [-0.3, -0.25) is 0 Å². The Balaban J connectivity index is 2.34. The molecule has 0 saturated heterocycles. The van der Waals surface area contributed by atoms with Crippen molar-refractivity contribution in [3.05, 3.63) is 46.3 Å². The van der Waals surface area contributed by atoms with Crippen molar-refractivity contribution in [2.75, 3.05) is 6.54 Å². The summed E-state index contributed by atoms with van der Waals surface area (Å²) in [4.78, 5) is 2.00. The highest BCUT2D eigenvalue weighted by Gasteiger charge is 2.30. The normalized spacial score (nSPS) is 11.8. The summed E-state index contributed by atoms with van der Waals surface area (Å²) < 4.78 is 38.3. The van der Waals surface area contributed by atoms with Crippen molar-refractivity contribution in [2.24, 2.45) is 0 Å². The lowest BCUT2D eigenvalue weighted by molar-refractivity contribution is -0.137. The molecule has 0 aliphatic heterocycles. The predicted octanol–water partition coefficient (Wildman–Crippen LogP) is 4.85. The van der Waals surface area contributed by atoms with Crippen molar-refractivity contribution < 1.29 is 13.2 Å². The lowest BCUT2D eigenvalue weighted by Gasteiger charge is -2.10. The molecule has 0 bridgehead atoms. The van der Waals surface area contributed by atoms with Gasteiger partial charge in [-0.2, -0.15) is 13.2 Å². The fourth-order valence-corrected chi connectivity index (χ4v) is 2.99. The van der Waals surface area contributed by atoms with Gasteiger partial charge in [0.15, 0.2) is 0 Å². The van der Waals surface area contributed by atoms with E-state index < -0.39 is 11.7 Å². The molecule has 1 nitrogen and oxygen atoms in total. The van der Waals surface area contributed by atoms with Gasteiger partial charge in [0, 0.05) is 16.3 Å². The summed E-state index contributed by atoms with van der Waals surface area (Å²) in [6.45, 7) is 5.47. The van der Waals surface area contributed by atoms with Crippen LogP contribution in [0.25, 0.3) is 10.4 Å². The van der Waals surface area contributed by atoms with Crippen LogP contribution in [0.1, 0.15) is 22.9 Å². The van der Waals surface area contributed by atoms with Gasteiger partial charge in [-0.05, 0) is 48.9 Å². The van der Waals surface area contributed by atoms with Crippen LogP contribution in [0.4, 0.5) is 13.2 Å². The molecule has 1 aromatic heterocycles. The molecule has 0 radical (unpaired) electrons. The molecule has 0 unspecified atom stereocenters. The molecule has 0 amide bonds. The minimum atomic E-state index is -4.30. The Morgan fingerprint density at radius 3 is 2.55 bits per heavy atom.